The number of hydrogen-bond donors (Lipinski definition) is 0. The molecule has 0 N–H and O–H groups in total. The minimum Gasteiger partial charge on any atom is -0.493 e. The lowest BCUT2D eigenvalue weighted by Crippen LogP contribution is -2.54. The van der Waals surface area contributed by atoms with Crippen LogP contribution in [0.15, 0.2) is 48.5 Å². The quantitative estimate of drug-likeness (QED) is 0.317. The molecule has 0 saturated heterocycles. The van der Waals surface area contributed by atoms with E-state index in [-0.39, 0.29) is 0 Å². The van der Waals surface area contributed by atoms with E-state index in [4.69, 9.17) is 23.6 Å². The highest BCUT2D eigenvalue weighted by atomic mass is 28.4. The van der Waals surface area contributed by atoms with E-state index in [9.17, 15) is 0 Å². The first-order chi connectivity index (χ1) is 17.3. The Morgan fingerprint density at radius 2 is 1.47 bits per heavy atom. The Balaban J connectivity index is 1.77. The molecule has 0 fully saturated rings. The summed E-state index contributed by atoms with van der Waals surface area (Å²) in [6, 6.07) is 17.0. The maximum Gasteiger partial charge on any atom is 0.231 e. The smallest absolute Gasteiger partial charge is 0.231 e. The van der Waals surface area contributed by atoms with Crippen LogP contribution >= 0.6 is 0 Å². The van der Waals surface area contributed by atoms with E-state index < -0.39 is 8.32 Å². The summed E-state index contributed by atoms with van der Waals surface area (Å²) >= 11 is 0. The van der Waals surface area contributed by atoms with Gasteiger partial charge in [-0.1, -0.05) is 58.0 Å². The van der Waals surface area contributed by atoms with Gasteiger partial charge in [0, 0.05) is 17.8 Å². The number of aromatic nitrogens is 1. The van der Waals surface area contributed by atoms with Gasteiger partial charge in [0.1, 0.15) is 0 Å². The Morgan fingerprint density at radius 3 is 2.03 bits per heavy atom. The van der Waals surface area contributed by atoms with E-state index in [2.05, 4.69) is 64.1 Å². The van der Waals surface area contributed by atoms with Gasteiger partial charge in [-0.25, -0.2) is 0 Å². The molecule has 2 heterocycles. The number of methoxy groups -OCH3 is 3. The lowest BCUT2D eigenvalue weighted by atomic mass is 10.0. The summed E-state index contributed by atoms with van der Waals surface area (Å²) in [5.41, 5.74) is 6.96. The molecule has 4 rings (SSSR count). The summed E-state index contributed by atoms with van der Waals surface area (Å²) in [5.74, 6) is 1.92. The van der Waals surface area contributed by atoms with Gasteiger partial charge in [-0.05, 0) is 64.0 Å². The molecular weight excluding hydrogens is 466 g/mol. The fourth-order valence-electron chi connectivity index (χ4n) is 5.78. The summed E-state index contributed by atoms with van der Waals surface area (Å²) < 4.78 is 23.4. The second-order valence-corrected chi connectivity index (χ2v) is 14.9. The molecular formula is C30H39NO4Si. The summed E-state index contributed by atoms with van der Waals surface area (Å²) in [6.07, 6.45) is 2.56. The highest BCUT2D eigenvalue weighted by Gasteiger charge is 2.50. The van der Waals surface area contributed by atoms with Gasteiger partial charge >= 0.3 is 0 Å². The third-order valence-corrected chi connectivity index (χ3v) is 12.8. The Kier molecular flexibility index (Phi) is 8.06. The number of nitrogens with zero attached hydrogens (tertiary/aromatic N) is 1. The third kappa shape index (κ3) is 4.89. The highest BCUT2D eigenvalue weighted by molar-refractivity contribution is 6.90. The average molecular weight is 506 g/mol. The number of hydrogen-bond acceptors (Lipinski definition) is 5. The van der Waals surface area contributed by atoms with E-state index in [1.807, 2.05) is 12.1 Å². The fraction of sp³-hybridized carbons (Fsp3) is 0.433. The topological polar surface area (TPSA) is 49.8 Å². The molecule has 2 aromatic carbocycles. The number of fused-ring (bicyclic) bond motifs is 1. The van der Waals surface area contributed by atoms with Crippen molar-refractivity contribution in [2.45, 2.75) is 64.6 Å². The van der Waals surface area contributed by atoms with E-state index in [0.717, 1.165) is 24.1 Å². The van der Waals surface area contributed by atoms with Gasteiger partial charge in [-0.15, -0.1) is 0 Å². The Labute approximate surface area is 216 Å². The molecule has 1 aliphatic heterocycles. The van der Waals surface area contributed by atoms with Crippen LogP contribution in [0.25, 0.3) is 0 Å². The fourth-order valence-corrected chi connectivity index (χ4v) is 10.8. The van der Waals surface area contributed by atoms with Gasteiger partial charge in [-0.3, -0.25) is 4.98 Å². The summed E-state index contributed by atoms with van der Waals surface area (Å²) in [6.45, 7) is 9.98. The van der Waals surface area contributed by atoms with Gasteiger partial charge in [0.2, 0.25) is 14.1 Å². The number of rotatable bonds is 10. The maximum absolute atomic E-state index is 6.78. The average Bonchev–Trinajstić information content (AvgIpc) is 3.28. The van der Waals surface area contributed by atoms with Crippen molar-refractivity contribution in [3.8, 4) is 17.2 Å². The zero-order chi connectivity index (χ0) is 25.9. The molecule has 192 valence electrons. The number of aryl methyl sites for hydroxylation is 2. The van der Waals surface area contributed by atoms with Crippen LogP contribution < -0.4 is 19.4 Å². The van der Waals surface area contributed by atoms with E-state index in [1.165, 1.54) is 22.0 Å². The zero-order valence-electron chi connectivity index (χ0n) is 22.7. The van der Waals surface area contributed by atoms with Crippen LogP contribution in [0, 0.1) is 0 Å². The van der Waals surface area contributed by atoms with E-state index in [1.54, 1.807) is 21.3 Å². The largest absolute Gasteiger partial charge is 0.493 e. The van der Waals surface area contributed by atoms with E-state index >= 15 is 0 Å². The van der Waals surface area contributed by atoms with Gasteiger partial charge < -0.3 is 18.6 Å². The van der Waals surface area contributed by atoms with Gasteiger partial charge in [0.05, 0.1) is 27.9 Å². The second-order valence-electron chi connectivity index (χ2n) is 10.2. The molecule has 1 aromatic heterocycles. The van der Waals surface area contributed by atoms with Crippen LogP contribution in [-0.2, 0) is 30.3 Å². The van der Waals surface area contributed by atoms with Crippen molar-refractivity contribution in [1.29, 1.82) is 0 Å². The number of pyridine rings is 1. The first-order valence-corrected chi connectivity index (χ1v) is 14.9. The van der Waals surface area contributed by atoms with Crippen LogP contribution in [-0.4, -0.2) is 34.6 Å². The van der Waals surface area contributed by atoms with Crippen LogP contribution in [0.3, 0.4) is 0 Å². The number of benzene rings is 2. The minimum atomic E-state index is -2.17. The summed E-state index contributed by atoms with van der Waals surface area (Å²) in [4.78, 5) is 5.31. The highest BCUT2D eigenvalue weighted by Crippen LogP contribution is 2.41. The standard InChI is InChI=1S/C30H39NO4Si/c1-20(2)36(21(3)4)30-24(19-35-36)18-25(31-26(30)14-13-22-11-9-8-10-12-22)15-23-16-27(32-5)29(34-7)28(17-23)33-6/h8-12,16-18,20-21H,13-15,19H2,1-7H3. The predicted molar refractivity (Wildman–Crippen MR) is 147 cm³/mol. The van der Waals surface area contributed by atoms with E-state index in [0.29, 0.717) is 41.4 Å². The van der Waals surface area contributed by atoms with Gasteiger partial charge in [0.15, 0.2) is 11.5 Å². The van der Waals surface area contributed by atoms with Gasteiger partial charge in [-0.2, -0.15) is 0 Å². The molecule has 0 bridgehead atoms. The van der Waals surface area contributed by atoms with Crippen LogP contribution in [0.2, 0.25) is 11.1 Å². The first-order valence-electron chi connectivity index (χ1n) is 12.8. The maximum atomic E-state index is 6.78. The van der Waals surface area contributed by atoms with Gasteiger partial charge in [0.25, 0.3) is 0 Å². The SMILES string of the molecule is COc1cc(Cc2cc3c(c(CCc4ccccc4)n2)[Si](C(C)C)(C(C)C)OC3)cc(OC)c1OC. The normalized spacial score (nSPS) is 14.2. The molecule has 0 aliphatic carbocycles. The van der Waals surface area contributed by atoms with Crippen molar-refractivity contribution in [3.05, 3.63) is 76.6 Å². The molecule has 0 spiro atoms. The number of ether oxygens (including phenoxy) is 3. The molecule has 3 aromatic rings. The summed E-state index contributed by atoms with van der Waals surface area (Å²) in [7, 11) is 2.76. The van der Waals surface area contributed by atoms with Crippen molar-refractivity contribution in [3.63, 3.8) is 0 Å². The Bertz CT molecular complexity index is 1160. The molecule has 0 unspecified atom stereocenters. The second kappa shape index (κ2) is 11.1. The van der Waals surface area contributed by atoms with Crippen LogP contribution in [0.5, 0.6) is 17.2 Å². The molecule has 0 saturated carbocycles. The van der Waals surface area contributed by atoms with Crippen LogP contribution in [0.1, 0.15) is 55.8 Å². The monoisotopic (exact) mass is 505 g/mol. The molecule has 6 heteroatoms. The summed E-state index contributed by atoms with van der Waals surface area (Å²) in [5, 5.41) is 1.44. The van der Waals surface area contributed by atoms with Crippen molar-refractivity contribution in [2.24, 2.45) is 0 Å². The third-order valence-electron chi connectivity index (χ3n) is 7.40. The van der Waals surface area contributed by atoms with Crippen molar-refractivity contribution in [2.75, 3.05) is 21.3 Å². The molecule has 0 radical (unpaired) electrons. The minimum absolute atomic E-state index is 0.483. The molecule has 0 amide bonds. The lowest BCUT2D eigenvalue weighted by Gasteiger charge is -2.35. The molecule has 0 atom stereocenters. The van der Waals surface area contributed by atoms with Crippen molar-refractivity contribution >= 4 is 13.5 Å². The zero-order valence-corrected chi connectivity index (χ0v) is 23.7. The predicted octanol–water partition coefficient (Wildman–Crippen LogP) is 5.99. The van der Waals surface area contributed by atoms with Crippen molar-refractivity contribution in [1.82, 2.24) is 4.98 Å². The first kappa shape index (κ1) is 26.2. The molecule has 36 heavy (non-hydrogen) atoms. The van der Waals surface area contributed by atoms with Crippen LogP contribution in [0.4, 0.5) is 0 Å². The Hall–Kier alpha value is -2.83. The molecule has 1 aliphatic rings. The molecule has 5 nitrogen and oxygen atoms in total. The Morgan fingerprint density at radius 1 is 0.833 bits per heavy atom. The van der Waals surface area contributed by atoms with Crippen molar-refractivity contribution < 1.29 is 18.6 Å². The lowest BCUT2D eigenvalue weighted by molar-refractivity contribution is 0.299.